The van der Waals surface area contributed by atoms with E-state index >= 15 is 0 Å². The molecule has 1 aliphatic rings. The molecule has 1 aromatic carbocycles. The summed E-state index contributed by atoms with van der Waals surface area (Å²) in [7, 11) is -3.91. The van der Waals surface area contributed by atoms with E-state index in [-0.39, 0.29) is 11.6 Å². The number of piperidine rings is 1. The maximum absolute atomic E-state index is 13.0. The molecule has 1 aromatic heterocycles. The number of benzene rings is 1. The van der Waals surface area contributed by atoms with Gasteiger partial charge in [-0.2, -0.15) is 4.31 Å². The standard InChI is InChI=1S/C18H20N4O3S/c19-12-13-7-9-14(10-8-13)15-4-3-6-17(21-15)26(24,25)22-11-2-1-5-16(22)18(20)23/h3-4,6-10,12,16,19H,1-2,5,11H2,(H2,20,23). The number of aromatic nitrogens is 1. The molecular weight excluding hydrogens is 352 g/mol. The number of nitrogens with one attached hydrogen (secondary N) is 1. The molecule has 3 rings (SSSR count). The Balaban J connectivity index is 1.97. The fourth-order valence-electron chi connectivity index (χ4n) is 3.07. The van der Waals surface area contributed by atoms with Crippen molar-refractivity contribution in [1.82, 2.24) is 9.29 Å². The summed E-state index contributed by atoms with van der Waals surface area (Å²) in [4.78, 5) is 16.0. The molecule has 8 heteroatoms. The van der Waals surface area contributed by atoms with Crippen LogP contribution < -0.4 is 5.73 Å². The minimum absolute atomic E-state index is 0.0979. The SMILES string of the molecule is N=Cc1ccc(-c2cccc(S(=O)(=O)N3CCCCC3C(N)=O)n2)cc1. The second-order valence-electron chi connectivity index (χ2n) is 6.16. The van der Waals surface area contributed by atoms with Crippen molar-refractivity contribution in [3.05, 3.63) is 48.0 Å². The van der Waals surface area contributed by atoms with Crippen molar-refractivity contribution in [3.63, 3.8) is 0 Å². The summed E-state index contributed by atoms with van der Waals surface area (Å²) in [5, 5.41) is 7.14. The number of nitrogens with two attached hydrogens (primary N) is 1. The minimum Gasteiger partial charge on any atom is -0.368 e. The van der Waals surface area contributed by atoms with Gasteiger partial charge in [0.15, 0.2) is 5.03 Å². The van der Waals surface area contributed by atoms with Crippen LogP contribution in [-0.2, 0) is 14.8 Å². The van der Waals surface area contributed by atoms with E-state index in [4.69, 9.17) is 11.1 Å². The fourth-order valence-corrected chi connectivity index (χ4v) is 4.68. The first-order chi connectivity index (χ1) is 12.4. The van der Waals surface area contributed by atoms with Crippen LogP contribution in [0.3, 0.4) is 0 Å². The molecule has 0 radical (unpaired) electrons. The van der Waals surface area contributed by atoms with Crippen molar-refractivity contribution in [2.24, 2.45) is 5.73 Å². The molecule has 3 N–H and O–H groups in total. The van der Waals surface area contributed by atoms with Gasteiger partial charge < -0.3 is 11.1 Å². The lowest BCUT2D eigenvalue weighted by atomic mass is 10.0. The number of sulfonamides is 1. The molecule has 1 aliphatic heterocycles. The Morgan fingerprint density at radius 3 is 2.58 bits per heavy atom. The van der Waals surface area contributed by atoms with E-state index < -0.39 is 22.0 Å². The molecule has 0 spiro atoms. The molecule has 2 aromatic rings. The number of pyridine rings is 1. The van der Waals surface area contributed by atoms with Crippen LogP contribution in [0.4, 0.5) is 0 Å². The highest BCUT2D eigenvalue weighted by Crippen LogP contribution is 2.26. The number of hydrogen-bond donors (Lipinski definition) is 2. The predicted molar refractivity (Wildman–Crippen MR) is 98.3 cm³/mol. The number of rotatable bonds is 5. The number of carbonyl (C=O) groups is 1. The monoisotopic (exact) mass is 372 g/mol. The number of amides is 1. The van der Waals surface area contributed by atoms with Crippen LogP contribution in [0.2, 0.25) is 0 Å². The second-order valence-corrected chi connectivity index (χ2v) is 7.99. The number of nitrogens with zero attached hydrogens (tertiary/aromatic N) is 2. The number of primary amides is 1. The molecule has 26 heavy (non-hydrogen) atoms. The molecule has 1 fully saturated rings. The Hall–Kier alpha value is -2.58. The Labute approximate surface area is 152 Å². The predicted octanol–water partition coefficient (Wildman–Crippen LogP) is 1.77. The van der Waals surface area contributed by atoms with Gasteiger partial charge in [0.2, 0.25) is 5.91 Å². The van der Waals surface area contributed by atoms with Crippen LogP contribution in [0.25, 0.3) is 11.3 Å². The summed E-state index contributed by atoms with van der Waals surface area (Å²) < 4.78 is 27.2. The average molecular weight is 372 g/mol. The molecule has 1 amide bonds. The van der Waals surface area contributed by atoms with Gasteiger partial charge in [-0.05, 0) is 30.5 Å². The molecule has 0 aliphatic carbocycles. The highest BCUT2D eigenvalue weighted by Gasteiger charge is 2.37. The molecule has 2 heterocycles. The van der Waals surface area contributed by atoms with E-state index in [2.05, 4.69) is 4.98 Å². The van der Waals surface area contributed by atoms with Crippen molar-refractivity contribution >= 4 is 22.1 Å². The molecule has 1 unspecified atom stereocenters. The Morgan fingerprint density at radius 1 is 1.19 bits per heavy atom. The van der Waals surface area contributed by atoms with Gasteiger partial charge in [0.05, 0.1) is 5.69 Å². The number of carbonyl (C=O) groups excluding carboxylic acids is 1. The fraction of sp³-hybridized carbons (Fsp3) is 0.278. The largest absolute Gasteiger partial charge is 0.368 e. The van der Waals surface area contributed by atoms with Gasteiger partial charge in [-0.1, -0.05) is 36.8 Å². The third kappa shape index (κ3) is 3.51. The van der Waals surface area contributed by atoms with Gasteiger partial charge in [-0.3, -0.25) is 4.79 Å². The van der Waals surface area contributed by atoms with Crippen molar-refractivity contribution in [2.75, 3.05) is 6.54 Å². The van der Waals surface area contributed by atoms with Gasteiger partial charge in [0, 0.05) is 18.3 Å². The molecule has 0 bridgehead atoms. The van der Waals surface area contributed by atoms with Crippen LogP contribution in [0.5, 0.6) is 0 Å². The molecule has 7 nitrogen and oxygen atoms in total. The van der Waals surface area contributed by atoms with E-state index in [0.717, 1.165) is 17.5 Å². The van der Waals surface area contributed by atoms with E-state index in [9.17, 15) is 13.2 Å². The second kappa shape index (κ2) is 7.35. The highest BCUT2D eigenvalue weighted by molar-refractivity contribution is 7.89. The number of hydrogen-bond acceptors (Lipinski definition) is 5. The van der Waals surface area contributed by atoms with Crippen LogP contribution in [-0.4, -0.2) is 42.4 Å². The van der Waals surface area contributed by atoms with E-state index in [1.54, 1.807) is 36.4 Å². The lowest BCUT2D eigenvalue weighted by Gasteiger charge is -2.32. The zero-order valence-electron chi connectivity index (χ0n) is 14.1. The molecule has 136 valence electrons. The molecular formula is C18H20N4O3S. The summed E-state index contributed by atoms with van der Waals surface area (Å²) in [5.74, 6) is -0.633. The summed E-state index contributed by atoms with van der Waals surface area (Å²) in [6, 6.07) is 11.0. The maximum Gasteiger partial charge on any atom is 0.261 e. The highest BCUT2D eigenvalue weighted by atomic mass is 32.2. The van der Waals surface area contributed by atoms with Crippen molar-refractivity contribution < 1.29 is 13.2 Å². The minimum atomic E-state index is -3.91. The normalized spacial score (nSPS) is 18.4. The zero-order valence-corrected chi connectivity index (χ0v) is 14.9. The topological polar surface area (TPSA) is 117 Å². The average Bonchev–Trinajstić information content (AvgIpc) is 2.68. The van der Waals surface area contributed by atoms with Crippen LogP contribution in [0, 0.1) is 5.41 Å². The van der Waals surface area contributed by atoms with Gasteiger partial charge >= 0.3 is 0 Å². The van der Waals surface area contributed by atoms with Gasteiger partial charge in [-0.15, -0.1) is 0 Å². The first-order valence-corrected chi connectivity index (χ1v) is 9.76. The van der Waals surface area contributed by atoms with Crippen LogP contribution >= 0.6 is 0 Å². The summed E-state index contributed by atoms with van der Waals surface area (Å²) in [5.41, 5.74) is 7.40. The van der Waals surface area contributed by atoms with E-state index in [1.165, 1.54) is 16.6 Å². The zero-order chi connectivity index (χ0) is 18.7. The molecule has 1 atom stereocenters. The smallest absolute Gasteiger partial charge is 0.261 e. The van der Waals surface area contributed by atoms with Gasteiger partial charge in [0.1, 0.15) is 6.04 Å². The molecule has 1 saturated heterocycles. The Bertz CT molecular complexity index is 926. The summed E-state index contributed by atoms with van der Waals surface area (Å²) >= 11 is 0. The maximum atomic E-state index is 13.0. The lowest BCUT2D eigenvalue weighted by Crippen LogP contribution is -2.50. The van der Waals surface area contributed by atoms with Crippen molar-refractivity contribution in [3.8, 4) is 11.3 Å². The van der Waals surface area contributed by atoms with Gasteiger partial charge in [0.25, 0.3) is 10.0 Å². The first-order valence-electron chi connectivity index (χ1n) is 8.32. The summed E-state index contributed by atoms with van der Waals surface area (Å²) in [6.45, 7) is 0.260. The Kier molecular flexibility index (Phi) is 5.15. The Morgan fingerprint density at radius 2 is 1.92 bits per heavy atom. The van der Waals surface area contributed by atoms with Crippen molar-refractivity contribution in [2.45, 2.75) is 30.3 Å². The molecule has 0 saturated carbocycles. The quantitative estimate of drug-likeness (QED) is 0.778. The third-order valence-electron chi connectivity index (χ3n) is 4.45. The summed E-state index contributed by atoms with van der Waals surface area (Å²) in [6.07, 6.45) is 3.12. The lowest BCUT2D eigenvalue weighted by molar-refractivity contribution is -0.122. The van der Waals surface area contributed by atoms with Gasteiger partial charge in [-0.25, -0.2) is 13.4 Å². The van der Waals surface area contributed by atoms with E-state index in [1.807, 2.05) is 0 Å². The third-order valence-corrected chi connectivity index (χ3v) is 6.26. The first kappa shape index (κ1) is 18.2. The van der Waals surface area contributed by atoms with E-state index in [0.29, 0.717) is 18.5 Å². The van der Waals surface area contributed by atoms with Crippen LogP contribution in [0.15, 0.2) is 47.5 Å². The van der Waals surface area contributed by atoms with Crippen molar-refractivity contribution in [1.29, 1.82) is 5.41 Å². The van der Waals surface area contributed by atoms with Crippen LogP contribution in [0.1, 0.15) is 24.8 Å².